The van der Waals surface area contributed by atoms with E-state index in [1.54, 1.807) is 126 Å². The third kappa shape index (κ3) is 15.2. The van der Waals surface area contributed by atoms with Crippen LogP contribution in [0.4, 0.5) is 14.7 Å². The number of anilines is 1. The molecule has 4 aromatic rings. The van der Waals surface area contributed by atoms with Crippen LogP contribution in [0.15, 0.2) is 95.1 Å². The number of likely N-dealkylation sites (tertiary alicyclic amines) is 1. The van der Waals surface area contributed by atoms with Crippen molar-refractivity contribution >= 4 is 68.4 Å². The second-order valence-electron chi connectivity index (χ2n) is 19.5. The lowest BCUT2D eigenvalue weighted by molar-refractivity contribution is -0.218. The Morgan fingerprint density at radius 2 is 1.53 bits per heavy atom. The topological polar surface area (TPSA) is 289 Å². The molecule has 5 N–H and O–H groups in total. The van der Waals surface area contributed by atoms with Gasteiger partial charge in [0.05, 0.1) is 17.9 Å². The Labute approximate surface area is 427 Å². The minimum absolute atomic E-state index is 0.0110. The molecule has 0 spiro atoms. The summed E-state index contributed by atoms with van der Waals surface area (Å²) in [6.07, 6.45) is -3.23. The van der Waals surface area contributed by atoms with Crippen molar-refractivity contribution in [3.8, 4) is 5.75 Å². The third-order valence-corrected chi connectivity index (χ3v) is 12.2. The summed E-state index contributed by atoms with van der Waals surface area (Å²) in [4.78, 5) is 84.0. The van der Waals surface area contributed by atoms with Gasteiger partial charge in [0.15, 0.2) is 16.9 Å². The maximum absolute atomic E-state index is 14.4. The predicted octanol–water partition coefficient (Wildman–Crippen LogP) is 6.25. The van der Waals surface area contributed by atoms with Gasteiger partial charge in [0.25, 0.3) is 17.9 Å². The summed E-state index contributed by atoms with van der Waals surface area (Å²) in [5.74, 6) is -2.51. The Bertz CT molecular complexity index is 2770. The Hall–Kier alpha value is -7.15. The van der Waals surface area contributed by atoms with Crippen molar-refractivity contribution in [2.45, 2.75) is 110 Å². The molecular formula is C49H60N8O14S2. The second kappa shape index (κ2) is 22.7. The highest BCUT2D eigenvalue weighted by molar-refractivity contribution is 7.80. The average Bonchev–Trinajstić information content (AvgIpc) is 3.96. The molecule has 73 heavy (non-hydrogen) atoms. The zero-order valence-electron chi connectivity index (χ0n) is 41.8. The maximum Gasteiger partial charge on any atom is 0.418 e. The fraction of sp³-hybridized carbons (Fsp3) is 0.429. The van der Waals surface area contributed by atoms with Crippen LogP contribution in [0.1, 0.15) is 95.2 Å². The van der Waals surface area contributed by atoms with E-state index in [0.717, 1.165) is 16.9 Å². The molecule has 1 aromatic heterocycles. The molecule has 392 valence electrons. The van der Waals surface area contributed by atoms with Crippen LogP contribution in [-0.4, -0.2) is 118 Å². The van der Waals surface area contributed by atoms with Gasteiger partial charge in [0.1, 0.15) is 35.3 Å². The molecule has 3 aromatic carbocycles. The molecule has 4 amide bonds. The number of nitrogens with two attached hydrogens (primary N) is 1. The number of esters is 1. The summed E-state index contributed by atoms with van der Waals surface area (Å²) in [6, 6.07) is 23.2. The van der Waals surface area contributed by atoms with Crippen molar-refractivity contribution in [1.29, 1.82) is 0 Å². The molecule has 6 rings (SSSR count). The number of hydroxylamine groups is 2. The van der Waals surface area contributed by atoms with Crippen LogP contribution in [0.25, 0.3) is 0 Å². The van der Waals surface area contributed by atoms with E-state index in [2.05, 4.69) is 30.0 Å². The molecular weight excluding hydrogens is 989 g/mol. The van der Waals surface area contributed by atoms with E-state index in [9.17, 15) is 36.9 Å². The molecule has 2 aliphatic rings. The van der Waals surface area contributed by atoms with Crippen molar-refractivity contribution in [2.24, 2.45) is 21.8 Å². The third-order valence-electron chi connectivity index (χ3n) is 11.0. The van der Waals surface area contributed by atoms with Crippen molar-refractivity contribution in [3.05, 3.63) is 112 Å². The van der Waals surface area contributed by atoms with E-state index < -0.39 is 87.7 Å². The van der Waals surface area contributed by atoms with E-state index in [1.165, 1.54) is 13.8 Å². The smallest absolute Gasteiger partial charge is 0.418 e. The summed E-state index contributed by atoms with van der Waals surface area (Å²) in [5, 5.41) is 9.52. The van der Waals surface area contributed by atoms with Gasteiger partial charge in [-0.25, -0.2) is 19.4 Å². The Morgan fingerprint density at radius 1 is 0.932 bits per heavy atom. The molecule has 3 heterocycles. The SMILES string of the molecule is Cc1sc(NC(=O)OC(C)(C)C)nc1/C(=N/O[C@@H](COc1ccc(CN=C(N)[C@@H]2CCN(C(=O)OC(C)(C)C)C2)cc1)C(=O)OC(c1ccccc1)c1ccccc1)C(=O)N[C@@H]1C(=O)N(OS(=O)(=O)O)C1(C)C. The number of benzene rings is 3. The summed E-state index contributed by atoms with van der Waals surface area (Å²) in [5.41, 5.74) is 4.65. The number of ether oxygens (including phenoxy) is 4. The van der Waals surface area contributed by atoms with Gasteiger partial charge < -0.3 is 39.7 Å². The molecule has 2 fully saturated rings. The molecule has 0 radical (unpaired) electrons. The van der Waals surface area contributed by atoms with Gasteiger partial charge in [0.2, 0.25) is 0 Å². The second-order valence-corrected chi connectivity index (χ2v) is 21.7. The van der Waals surface area contributed by atoms with Gasteiger partial charge >= 0.3 is 28.6 Å². The monoisotopic (exact) mass is 1050 g/mol. The van der Waals surface area contributed by atoms with Crippen LogP contribution < -0.4 is 21.1 Å². The number of carbonyl (C=O) groups is 5. The summed E-state index contributed by atoms with van der Waals surface area (Å²) in [7, 11) is -5.12. The lowest BCUT2D eigenvalue weighted by Crippen LogP contribution is -2.76. The number of oxime groups is 1. The van der Waals surface area contributed by atoms with E-state index in [0.29, 0.717) is 52.2 Å². The summed E-state index contributed by atoms with van der Waals surface area (Å²) >= 11 is 0.948. The number of aryl methyl sites for hydroxylation is 1. The number of hydrogen-bond donors (Lipinski definition) is 4. The Morgan fingerprint density at radius 3 is 2.10 bits per heavy atom. The molecule has 3 atom stereocenters. The molecule has 0 aliphatic carbocycles. The van der Waals surface area contributed by atoms with Crippen LogP contribution in [0.3, 0.4) is 0 Å². The van der Waals surface area contributed by atoms with Gasteiger partial charge in [-0.2, -0.15) is 13.5 Å². The average molecular weight is 1050 g/mol. The molecule has 0 unspecified atom stereocenters. The molecule has 2 aliphatic heterocycles. The van der Waals surface area contributed by atoms with Crippen LogP contribution in [-0.2, 0) is 54.7 Å². The minimum Gasteiger partial charge on any atom is -0.489 e. The number of nitrogens with zero attached hydrogens (tertiary/aromatic N) is 5. The molecule has 2 saturated heterocycles. The van der Waals surface area contributed by atoms with Gasteiger partial charge in [0, 0.05) is 23.9 Å². The number of β-lactam (4-membered cyclic amide) rings is 1. The lowest BCUT2D eigenvalue weighted by Gasteiger charge is -2.50. The van der Waals surface area contributed by atoms with Gasteiger partial charge in [-0.15, -0.1) is 15.6 Å². The van der Waals surface area contributed by atoms with Crippen LogP contribution in [0.2, 0.25) is 0 Å². The zero-order chi connectivity index (χ0) is 53.5. The fourth-order valence-electron chi connectivity index (χ4n) is 7.37. The largest absolute Gasteiger partial charge is 0.489 e. The standard InChI is InChI=1S/C49H60N8O14S2/c1-29-36(52-44(72-29)54-45(61)68-47(2,3)4)37(41(58)53-39-42(59)57(49(39,8)9)71-73(63,64)65)55-70-35(43(60)67-38(31-16-12-10-13-17-31)32-18-14-11-15-19-32)28-66-34-22-20-30(21-23-34)26-51-40(50)33-24-25-56(27-33)46(62)69-48(5,6)7/h10-23,33,35,38-39H,24-28H2,1-9H3,(H2,50,51)(H,53,58)(H,52,54,61)(H,63,64,65)/b55-37-/t33-,35+,39-/m1/s1. The van der Waals surface area contributed by atoms with Gasteiger partial charge in [-0.1, -0.05) is 78.0 Å². The van der Waals surface area contributed by atoms with Crippen molar-refractivity contribution in [3.63, 3.8) is 0 Å². The number of hydrogen-bond acceptors (Lipinski definition) is 17. The lowest BCUT2D eigenvalue weighted by atomic mass is 9.84. The fourth-order valence-corrected chi connectivity index (χ4v) is 8.63. The number of nitrogens with one attached hydrogen (secondary N) is 2. The Kier molecular flexibility index (Phi) is 17.2. The Balaban J connectivity index is 1.27. The zero-order valence-corrected chi connectivity index (χ0v) is 43.4. The molecule has 0 saturated carbocycles. The van der Waals surface area contributed by atoms with E-state index in [4.69, 9.17) is 29.5 Å². The van der Waals surface area contributed by atoms with Crippen LogP contribution in [0, 0.1) is 12.8 Å². The highest BCUT2D eigenvalue weighted by Gasteiger charge is 2.58. The predicted molar refractivity (Wildman–Crippen MR) is 268 cm³/mol. The molecule has 22 nitrogen and oxygen atoms in total. The van der Waals surface area contributed by atoms with Gasteiger partial charge in [-0.3, -0.25) is 24.5 Å². The minimum atomic E-state index is -5.12. The van der Waals surface area contributed by atoms with E-state index >= 15 is 0 Å². The number of aliphatic imine (C=N–C) groups is 1. The number of rotatable bonds is 18. The van der Waals surface area contributed by atoms with E-state index in [1.807, 2.05) is 12.1 Å². The number of carbonyl (C=O) groups excluding carboxylic acids is 5. The molecule has 24 heteroatoms. The highest BCUT2D eigenvalue weighted by Crippen LogP contribution is 2.34. The quantitative estimate of drug-likeness (QED) is 0.0163. The number of amides is 4. The number of amidine groups is 1. The van der Waals surface area contributed by atoms with Crippen molar-refractivity contribution in [2.75, 3.05) is 25.0 Å². The first kappa shape index (κ1) is 55.2. The molecule has 0 bridgehead atoms. The van der Waals surface area contributed by atoms with Crippen molar-refractivity contribution < 1.29 is 65.0 Å². The summed E-state index contributed by atoms with van der Waals surface area (Å²) in [6.45, 7) is 15.3. The first-order valence-corrected chi connectivity index (χ1v) is 25.2. The van der Waals surface area contributed by atoms with Crippen LogP contribution in [0.5, 0.6) is 5.75 Å². The van der Waals surface area contributed by atoms with Crippen molar-refractivity contribution in [1.82, 2.24) is 20.3 Å². The maximum atomic E-state index is 14.4. The number of aromatic nitrogens is 1. The first-order valence-electron chi connectivity index (χ1n) is 23.0. The number of thiazole rings is 1. The van der Waals surface area contributed by atoms with E-state index in [-0.39, 0.29) is 23.3 Å². The summed E-state index contributed by atoms with van der Waals surface area (Å²) < 4.78 is 59.8. The highest BCUT2D eigenvalue weighted by atomic mass is 32.3. The normalized spacial score (nSPS) is 17.6. The van der Waals surface area contributed by atoms with Crippen LogP contribution >= 0.6 is 11.3 Å². The first-order chi connectivity index (χ1) is 34.2. The van der Waals surface area contributed by atoms with Gasteiger partial charge in [-0.05, 0) is 97.6 Å².